The summed E-state index contributed by atoms with van der Waals surface area (Å²) < 4.78 is 37.1. The van der Waals surface area contributed by atoms with Crippen LogP contribution in [-0.4, -0.2) is 55.2 Å². The van der Waals surface area contributed by atoms with Gasteiger partial charge in [-0.1, -0.05) is 17.3 Å². The van der Waals surface area contributed by atoms with Crippen LogP contribution in [0.15, 0.2) is 84.9 Å². The topological polar surface area (TPSA) is 117 Å². The Hall–Kier alpha value is -5.65. The third-order valence-corrected chi connectivity index (χ3v) is 6.95. The molecule has 5 aromatic rings. The zero-order valence-electron chi connectivity index (χ0n) is 24.5. The minimum atomic E-state index is -1.27. The van der Waals surface area contributed by atoms with Crippen molar-refractivity contribution in [3.05, 3.63) is 96.3 Å². The van der Waals surface area contributed by atoms with Gasteiger partial charge in [0.05, 0.1) is 34.0 Å². The smallest absolute Gasteiger partial charge is 0.252 e. The lowest BCUT2D eigenvalue weighted by molar-refractivity contribution is -0.124. The number of nitrogens with one attached hydrogen (secondary N) is 1. The van der Waals surface area contributed by atoms with Gasteiger partial charge < -0.3 is 24.3 Å². The number of halogens is 1. The summed E-state index contributed by atoms with van der Waals surface area (Å²) in [5.74, 6) is -0.0790. The number of rotatable bonds is 11. The van der Waals surface area contributed by atoms with Gasteiger partial charge in [0.1, 0.15) is 29.7 Å². The lowest BCUT2D eigenvalue weighted by atomic mass is 10.0. The fourth-order valence-electron chi connectivity index (χ4n) is 4.84. The summed E-state index contributed by atoms with van der Waals surface area (Å²) in [6.45, 7) is -0.239. The molecule has 0 aliphatic heterocycles. The van der Waals surface area contributed by atoms with E-state index in [1.54, 1.807) is 48.5 Å². The molecule has 5 rings (SSSR count). The first-order chi connectivity index (χ1) is 21.4. The van der Waals surface area contributed by atoms with Crippen LogP contribution in [-0.2, 0) is 16.1 Å². The van der Waals surface area contributed by atoms with Gasteiger partial charge in [-0.05, 0) is 78.4 Å². The Morgan fingerprint density at radius 1 is 0.864 bits per heavy atom. The molecule has 12 heteroatoms. The molecule has 44 heavy (non-hydrogen) atoms. The van der Waals surface area contributed by atoms with Crippen molar-refractivity contribution in [2.45, 2.75) is 12.6 Å². The van der Waals surface area contributed by atoms with Crippen molar-refractivity contribution in [3.63, 3.8) is 0 Å². The van der Waals surface area contributed by atoms with E-state index in [1.165, 1.54) is 62.3 Å². The summed E-state index contributed by atoms with van der Waals surface area (Å²) >= 11 is 0. The summed E-state index contributed by atoms with van der Waals surface area (Å²) in [4.78, 5) is 29.9. The molecule has 11 nitrogen and oxygen atoms in total. The van der Waals surface area contributed by atoms with E-state index >= 15 is 0 Å². The van der Waals surface area contributed by atoms with Gasteiger partial charge in [0.2, 0.25) is 11.7 Å². The average Bonchev–Trinajstić information content (AvgIpc) is 3.46. The molecule has 1 heterocycles. The lowest BCUT2D eigenvalue weighted by Gasteiger charge is -2.32. The van der Waals surface area contributed by atoms with Crippen LogP contribution in [0, 0.1) is 5.82 Å². The SMILES string of the molecule is COc1ccc(N(C(=O)Cn2nnc3ccccc32)C(C(=O)Nc2ccc(F)cc2)c2cc(OC)c(OC)c(OC)c2)cc1. The van der Waals surface area contributed by atoms with Crippen LogP contribution in [0.4, 0.5) is 15.8 Å². The molecule has 0 spiro atoms. The van der Waals surface area contributed by atoms with Gasteiger partial charge in [0.25, 0.3) is 5.91 Å². The molecule has 0 fully saturated rings. The summed E-state index contributed by atoms with van der Waals surface area (Å²) in [6, 6.07) is 21.2. The molecule has 0 saturated heterocycles. The first kappa shape index (κ1) is 29.8. The Bertz CT molecular complexity index is 1750. The Balaban J connectivity index is 1.67. The first-order valence-electron chi connectivity index (χ1n) is 13.5. The fourth-order valence-corrected chi connectivity index (χ4v) is 4.84. The zero-order chi connectivity index (χ0) is 31.2. The highest BCUT2D eigenvalue weighted by atomic mass is 19.1. The second kappa shape index (κ2) is 13.1. The molecule has 0 radical (unpaired) electrons. The third kappa shape index (κ3) is 6.09. The summed E-state index contributed by atoms with van der Waals surface area (Å²) in [5, 5.41) is 11.2. The quantitative estimate of drug-likeness (QED) is 0.225. The molecule has 0 aliphatic carbocycles. The number of carbonyl (C=O) groups is 2. The van der Waals surface area contributed by atoms with Gasteiger partial charge in [-0.25, -0.2) is 9.07 Å². The second-order valence-electron chi connectivity index (χ2n) is 9.55. The minimum Gasteiger partial charge on any atom is -0.497 e. The maximum atomic E-state index is 14.3. The normalized spacial score (nSPS) is 11.5. The van der Waals surface area contributed by atoms with Crippen LogP contribution in [0.2, 0.25) is 0 Å². The fraction of sp³-hybridized carbons (Fsp3) is 0.188. The van der Waals surface area contributed by atoms with Crippen LogP contribution in [0.1, 0.15) is 11.6 Å². The van der Waals surface area contributed by atoms with E-state index in [1.807, 2.05) is 12.1 Å². The molecule has 0 aliphatic rings. The molecular weight excluding hydrogens is 569 g/mol. The predicted octanol–water partition coefficient (Wildman–Crippen LogP) is 5.02. The standard InChI is InChI=1S/C32H30FN5O6/c1-41-24-15-13-23(14-16-24)38(29(39)19-37-26-8-6-5-7-25(26)35-36-37)30(32(40)34-22-11-9-21(33)10-12-22)20-17-27(42-2)31(44-4)28(18-20)43-3/h5-18,30H,19H2,1-4H3,(H,34,40). The Morgan fingerprint density at radius 3 is 2.14 bits per heavy atom. The van der Waals surface area contributed by atoms with Gasteiger partial charge in [-0.2, -0.15) is 0 Å². The molecule has 1 N–H and O–H groups in total. The van der Waals surface area contributed by atoms with Gasteiger partial charge in [0.15, 0.2) is 11.5 Å². The second-order valence-corrected chi connectivity index (χ2v) is 9.55. The van der Waals surface area contributed by atoms with Crippen molar-refractivity contribution in [2.24, 2.45) is 0 Å². The van der Waals surface area contributed by atoms with E-state index in [-0.39, 0.29) is 18.0 Å². The van der Waals surface area contributed by atoms with E-state index in [9.17, 15) is 14.0 Å². The summed E-state index contributed by atoms with van der Waals surface area (Å²) in [7, 11) is 5.91. The molecule has 1 atom stereocenters. The van der Waals surface area contributed by atoms with Gasteiger partial charge in [-0.3, -0.25) is 14.5 Å². The largest absolute Gasteiger partial charge is 0.497 e. The molecule has 4 aromatic carbocycles. The molecule has 0 saturated carbocycles. The zero-order valence-corrected chi connectivity index (χ0v) is 24.5. The molecule has 1 unspecified atom stereocenters. The van der Waals surface area contributed by atoms with E-state index in [0.29, 0.717) is 39.5 Å². The number of amides is 2. The minimum absolute atomic E-state index is 0.239. The maximum Gasteiger partial charge on any atom is 0.252 e. The average molecular weight is 600 g/mol. The number of nitrogens with zero attached hydrogens (tertiary/aromatic N) is 4. The highest BCUT2D eigenvalue weighted by molar-refractivity contribution is 6.05. The molecule has 0 bridgehead atoms. The summed E-state index contributed by atoms with van der Waals surface area (Å²) in [5.41, 5.74) is 2.35. The van der Waals surface area contributed by atoms with E-state index in [4.69, 9.17) is 18.9 Å². The predicted molar refractivity (Wildman–Crippen MR) is 162 cm³/mol. The van der Waals surface area contributed by atoms with Gasteiger partial charge in [0, 0.05) is 11.4 Å². The van der Waals surface area contributed by atoms with E-state index in [2.05, 4.69) is 15.6 Å². The van der Waals surface area contributed by atoms with Crippen LogP contribution in [0.3, 0.4) is 0 Å². The first-order valence-corrected chi connectivity index (χ1v) is 13.5. The number of ether oxygens (including phenoxy) is 4. The highest BCUT2D eigenvalue weighted by Crippen LogP contribution is 2.42. The van der Waals surface area contributed by atoms with Crippen LogP contribution < -0.4 is 29.2 Å². The highest BCUT2D eigenvalue weighted by Gasteiger charge is 2.35. The third-order valence-electron chi connectivity index (χ3n) is 6.95. The Labute approximate surface area is 252 Å². The van der Waals surface area contributed by atoms with Crippen LogP contribution in [0.5, 0.6) is 23.0 Å². The molecule has 2 amide bonds. The van der Waals surface area contributed by atoms with E-state index < -0.39 is 23.7 Å². The van der Waals surface area contributed by atoms with Crippen molar-refractivity contribution in [1.29, 1.82) is 0 Å². The lowest BCUT2D eigenvalue weighted by Crippen LogP contribution is -2.43. The summed E-state index contributed by atoms with van der Waals surface area (Å²) in [6.07, 6.45) is 0. The molecule has 226 valence electrons. The van der Waals surface area contributed by atoms with Crippen molar-refractivity contribution >= 4 is 34.2 Å². The monoisotopic (exact) mass is 599 g/mol. The van der Waals surface area contributed by atoms with Gasteiger partial charge >= 0.3 is 0 Å². The van der Waals surface area contributed by atoms with Crippen molar-refractivity contribution in [3.8, 4) is 23.0 Å². The number of para-hydroxylation sites is 1. The molecular formula is C32H30FN5O6. The maximum absolute atomic E-state index is 14.3. The Morgan fingerprint density at radius 2 is 1.52 bits per heavy atom. The number of anilines is 2. The number of hydrogen-bond acceptors (Lipinski definition) is 8. The number of aromatic nitrogens is 3. The number of fused-ring (bicyclic) bond motifs is 1. The van der Waals surface area contributed by atoms with E-state index in [0.717, 1.165) is 0 Å². The number of hydrogen-bond donors (Lipinski definition) is 1. The van der Waals surface area contributed by atoms with Crippen LogP contribution in [0.25, 0.3) is 11.0 Å². The molecule has 1 aromatic heterocycles. The number of benzene rings is 4. The Kier molecular flexibility index (Phi) is 8.89. The number of methoxy groups -OCH3 is 4. The van der Waals surface area contributed by atoms with Crippen LogP contribution >= 0.6 is 0 Å². The number of carbonyl (C=O) groups excluding carboxylic acids is 2. The van der Waals surface area contributed by atoms with Crippen molar-refractivity contribution in [1.82, 2.24) is 15.0 Å². The van der Waals surface area contributed by atoms with Gasteiger partial charge in [-0.15, -0.1) is 5.10 Å². The van der Waals surface area contributed by atoms with Crippen molar-refractivity contribution in [2.75, 3.05) is 38.7 Å². The van der Waals surface area contributed by atoms with Crippen molar-refractivity contribution < 1.29 is 32.9 Å².